The normalized spacial score (nSPS) is 26.4. The van der Waals surface area contributed by atoms with Gasteiger partial charge in [0.2, 0.25) is 11.8 Å². The number of halogens is 1. The molecule has 2 heterocycles. The van der Waals surface area contributed by atoms with Crippen LogP contribution >= 0.6 is 11.6 Å². The Balaban J connectivity index is 1.98. The van der Waals surface area contributed by atoms with E-state index in [-0.39, 0.29) is 30.7 Å². The maximum atomic E-state index is 13.0. The summed E-state index contributed by atoms with van der Waals surface area (Å²) in [6.07, 6.45) is -0.454. The number of amides is 2. The Labute approximate surface area is 163 Å². The van der Waals surface area contributed by atoms with Gasteiger partial charge in [0, 0.05) is 24.4 Å². The lowest BCUT2D eigenvalue weighted by molar-refractivity contribution is -0.149. The number of hydrogen-bond donors (Lipinski definition) is 3. The van der Waals surface area contributed by atoms with Gasteiger partial charge in [-0.05, 0) is 42.5 Å². The number of nitrogens with zero attached hydrogens (tertiary/aromatic N) is 1. The standard InChI is InChI=1S/C19H26ClN3O4/c1-10(2)6-13(21)16(24)23-9-19(8-15(23)17(25)27-3)12-7-11(20)4-5-14(12)22-18(19)26/h4-5,7,10,13,15,17,25H,6,8-9,21H2,1-3H3,(H,22,26)/t13-,15?,17?,19-/m0/s1. The second-order valence-corrected chi connectivity index (χ2v) is 8.26. The summed E-state index contributed by atoms with van der Waals surface area (Å²) in [5.41, 5.74) is 6.55. The van der Waals surface area contributed by atoms with Gasteiger partial charge >= 0.3 is 0 Å². The second kappa shape index (κ2) is 7.39. The van der Waals surface area contributed by atoms with Crippen LogP contribution in [0.25, 0.3) is 0 Å². The molecule has 1 aromatic carbocycles. The molecule has 2 amide bonds. The van der Waals surface area contributed by atoms with E-state index in [4.69, 9.17) is 22.1 Å². The molecule has 1 fully saturated rings. The molecule has 7 nitrogen and oxygen atoms in total. The third-order valence-corrected chi connectivity index (χ3v) is 5.71. The van der Waals surface area contributed by atoms with E-state index >= 15 is 0 Å². The number of benzene rings is 1. The molecule has 2 aliphatic rings. The molecule has 1 saturated heterocycles. The van der Waals surface area contributed by atoms with Gasteiger partial charge in [0.15, 0.2) is 6.29 Å². The van der Waals surface area contributed by atoms with Crippen LogP contribution in [-0.2, 0) is 19.7 Å². The van der Waals surface area contributed by atoms with E-state index in [0.717, 1.165) is 5.56 Å². The van der Waals surface area contributed by atoms with Gasteiger partial charge in [-0.25, -0.2) is 0 Å². The first-order valence-electron chi connectivity index (χ1n) is 9.08. The van der Waals surface area contributed by atoms with Crippen molar-refractivity contribution < 1.29 is 19.4 Å². The number of methoxy groups -OCH3 is 1. The number of fused-ring (bicyclic) bond motifs is 2. The van der Waals surface area contributed by atoms with E-state index < -0.39 is 23.8 Å². The molecule has 148 valence electrons. The number of anilines is 1. The van der Waals surface area contributed by atoms with Crippen molar-refractivity contribution >= 4 is 29.1 Å². The van der Waals surface area contributed by atoms with Gasteiger partial charge < -0.3 is 25.8 Å². The molecular weight excluding hydrogens is 370 g/mol. The molecule has 27 heavy (non-hydrogen) atoms. The minimum absolute atomic E-state index is 0.127. The summed E-state index contributed by atoms with van der Waals surface area (Å²) in [5, 5.41) is 13.7. The molecule has 0 bridgehead atoms. The Morgan fingerprint density at radius 1 is 1.52 bits per heavy atom. The van der Waals surface area contributed by atoms with Crippen molar-refractivity contribution in [1.82, 2.24) is 4.90 Å². The number of nitrogens with two attached hydrogens (primary N) is 1. The first-order valence-corrected chi connectivity index (χ1v) is 9.46. The number of aliphatic hydroxyl groups is 1. The predicted octanol–water partition coefficient (Wildman–Crippen LogP) is 1.47. The SMILES string of the molecule is COC(O)C1C[C@@]2(CN1C(=O)[C@@H](N)CC(C)C)C(=O)Nc1ccc(Cl)cc12. The molecule has 4 N–H and O–H groups in total. The molecule has 0 aliphatic carbocycles. The van der Waals surface area contributed by atoms with Gasteiger partial charge in [-0.15, -0.1) is 0 Å². The van der Waals surface area contributed by atoms with Gasteiger partial charge in [0.05, 0.1) is 17.5 Å². The number of aliphatic hydroxyl groups excluding tert-OH is 1. The summed E-state index contributed by atoms with van der Waals surface area (Å²) >= 11 is 6.15. The number of hydrogen-bond acceptors (Lipinski definition) is 5. The summed E-state index contributed by atoms with van der Waals surface area (Å²) in [5.74, 6) is -0.244. The average molecular weight is 396 g/mol. The largest absolute Gasteiger partial charge is 0.366 e. The van der Waals surface area contributed by atoms with Crippen LogP contribution in [0.5, 0.6) is 0 Å². The molecule has 2 unspecified atom stereocenters. The molecule has 0 radical (unpaired) electrons. The van der Waals surface area contributed by atoms with Gasteiger partial charge in [-0.2, -0.15) is 0 Å². The molecule has 3 rings (SSSR count). The van der Waals surface area contributed by atoms with Crippen molar-refractivity contribution in [3.05, 3.63) is 28.8 Å². The maximum Gasteiger partial charge on any atom is 0.239 e. The predicted molar refractivity (Wildman–Crippen MR) is 102 cm³/mol. The fourth-order valence-electron chi connectivity index (χ4n) is 4.16. The Hall–Kier alpha value is -1.67. The first kappa shape index (κ1) is 20.1. The highest BCUT2D eigenvalue weighted by molar-refractivity contribution is 6.31. The number of ether oxygens (including phenoxy) is 1. The zero-order chi connectivity index (χ0) is 19.9. The summed E-state index contributed by atoms with van der Waals surface area (Å²) < 4.78 is 5.09. The summed E-state index contributed by atoms with van der Waals surface area (Å²) in [6.45, 7) is 4.10. The maximum absolute atomic E-state index is 13.0. The summed E-state index contributed by atoms with van der Waals surface area (Å²) in [7, 11) is 1.37. The van der Waals surface area contributed by atoms with Crippen LogP contribution < -0.4 is 11.1 Å². The van der Waals surface area contributed by atoms with Crippen LogP contribution in [0.4, 0.5) is 5.69 Å². The third kappa shape index (κ3) is 3.45. The van der Waals surface area contributed by atoms with Gasteiger partial charge in [-0.1, -0.05) is 25.4 Å². The van der Waals surface area contributed by atoms with Crippen molar-refractivity contribution in [3.63, 3.8) is 0 Å². The van der Waals surface area contributed by atoms with Crippen LogP contribution in [0, 0.1) is 5.92 Å². The Morgan fingerprint density at radius 2 is 2.22 bits per heavy atom. The quantitative estimate of drug-likeness (QED) is 0.655. The molecule has 0 aromatic heterocycles. The zero-order valence-corrected chi connectivity index (χ0v) is 16.5. The fraction of sp³-hybridized carbons (Fsp3) is 0.579. The molecule has 0 saturated carbocycles. The minimum Gasteiger partial charge on any atom is -0.366 e. The van der Waals surface area contributed by atoms with E-state index in [1.54, 1.807) is 18.2 Å². The second-order valence-electron chi connectivity index (χ2n) is 7.83. The van der Waals surface area contributed by atoms with Gasteiger partial charge in [-0.3, -0.25) is 9.59 Å². The summed E-state index contributed by atoms with van der Waals surface area (Å²) in [6, 6.07) is 3.83. The van der Waals surface area contributed by atoms with Crippen LogP contribution in [-0.4, -0.2) is 53.8 Å². The number of carbonyl (C=O) groups is 2. The van der Waals surface area contributed by atoms with E-state index in [9.17, 15) is 14.7 Å². The highest BCUT2D eigenvalue weighted by atomic mass is 35.5. The van der Waals surface area contributed by atoms with Crippen molar-refractivity contribution in [2.24, 2.45) is 11.7 Å². The van der Waals surface area contributed by atoms with E-state index in [2.05, 4.69) is 5.32 Å². The number of carbonyl (C=O) groups excluding carboxylic acids is 2. The molecule has 4 atom stereocenters. The number of rotatable bonds is 5. The fourth-order valence-corrected chi connectivity index (χ4v) is 4.33. The lowest BCUT2D eigenvalue weighted by atomic mass is 9.79. The molecule has 2 aliphatic heterocycles. The van der Waals surface area contributed by atoms with Crippen molar-refractivity contribution in [2.75, 3.05) is 19.0 Å². The van der Waals surface area contributed by atoms with Gasteiger partial charge in [0.1, 0.15) is 0 Å². The molecule has 8 heteroatoms. The molecular formula is C19H26ClN3O4. The molecule has 1 spiro atoms. The Kier molecular flexibility index (Phi) is 5.49. The van der Waals surface area contributed by atoms with Crippen LogP contribution in [0.3, 0.4) is 0 Å². The number of nitrogens with one attached hydrogen (secondary N) is 1. The number of likely N-dealkylation sites (tertiary alicyclic amines) is 1. The van der Waals surface area contributed by atoms with Crippen LogP contribution in [0.1, 0.15) is 32.3 Å². The smallest absolute Gasteiger partial charge is 0.239 e. The van der Waals surface area contributed by atoms with Gasteiger partial charge in [0.25, 0.3) is 0 Å². The molecule has 1 aromatic rings. The highest BCUT2D eigenvalue weighted by Gasteiger charge is 2.57. The van der Waals surface area contributed by atoms with Crippen LogP contribution in [0.2, 0.25) is 5.02 Å². The Bertz CT molecular complexity index is 756. The van der Waals surface area contributed by atoms with E-state index in [0.29, 0.717) is 17.1 Å². The zero-order valence-electron chi connectivity index (χ0n) is 15.7. The Morgan fingerprint density at radius 3 is 2.85 bits per heavy atom. The van der Waals surface area contributed by atoms with Crippen molar-refractivity contribution in [2.45, 2.75) is 50.5 Å². The topological polar surface area (TPSA) is 105 Å². The summed E-state index contributed by atoms with van der Waals surface area (Å²) in [4.78, 5) is 27.4. The lowest BCUT2D eigenvalue weighted by Crippen LogP contribution is -2.50. The minimum atomic E-state index is -1.21. The van der Waals surface area contributed by atoms with Crippen LogP contribution in [0.15, 0.2) is 18.2 Å². The van der Waals surface area contributed by atoms with Crippen molar-refractivity contribution in [1.29, 1.82) is 0 Å². The van der Waals surface area contributed by atoms with E-state index in [1.165, 1.54) is 12.0 Å². The first-order chi connectivity index (χ1) is 12.7. The monoisotopic (exact) mass is 395 g/mol. The lowest BCUT2D eigenvalue weighted by Gasteiger charge is -2.30. The van der Waals surface area contributed by atoms with E-state index in [1.807, 2.05) is 13.8 Å². The third-order valence-electron chi connectivity index (χ3n) is 5.47. The highest BCUT2D eigenvalue weighted by Crippen LogP contribution is 2.48. The average Bonchev–Trinajstić information content (AvgIpc) is 3.13. The van der Waals surface area contributed by atoms with Crippen molar-refractivity contribution in [3.8, 4) is 0 Å².